The van der Waals surface area contributed by atoms with Crippen molar-refractivity contribution in [2.45, 2.75) is 75.1 Å². The first-order valence-electron chi connectivity index (χ1n) is 9.62. The summed E-state index contributed by atoms with van der Waals surface area (Å²) >= 11 is 0. The van der Waals surface area contributed by atoms with Crippen LogP contribution in [-0.2, 0) is 30.9 Å². The standard InChI is InChI=1S/C15H27F6N3O6S3/c1-10(2)24(11(3)4)12-6-8-23(9-7-12)33(29,30)15(20,21)13(16,17)14(18,19)32(27,28)22(5)31(25)26/h10-12,31H,6-9H2,1-5H3. The Bertz CT molecular complexity index is 977. The molecule has 1 saturated heterocycles. The molecule has 0 atom stereocenters. The van der Waals surface area contributed by atoms with Crippen LogP contribution >= 0.6 is 0 Å². The van der Waals surface area contributed by atoms with Crippen LogP contribution in [0, 0.1) is 0 Å². The Morgan fingerprint density at radius 2 is 1.24 bits per heavy atom. The monoisotopic (exact) mass is 555 g/mol. The van der Waals surface area contributed by atoms with Gasteiger partial charge in [0, 0.05) is 38.3 Å². The predicted octanol–water partition coefficient (Wildman–Crippen LogP) is 1.51. The zero-order valence-corrected chi connectivity index (χ0v) is 20.9. The summed E-state index contributed by atoms with van der Waals surface area (Å²) in [5.41, 5.74) is 0. The molecular weight excluding hydrogens is 528 g/mol. The van der Waals surface area contributed by atoms with Gasteiger partial charge in [-0.15, -0.1) is 0 Å². The molecule has 0 saturated carbocycles. The fraction of sp³-hybridized carbons (Fsp3) is 1.00. The van der Waals surface area contributed by atoms with Crippen LogP contribution in [-0.4, -0.2) is 92.9 Å². The molecule has 18 heteroatoms. The number of hydrogen-bond donors (Lipinski definition) is 1. The largest absolute Gasteiger partial charge is 0.429 e. The van der Waals surface area contributed by atoms with Crippen molar-refractivity contribution in [3.05, 3.63) is 0 Å². The van der Waals surface area contributed by atoms with Crippen molar-refractivity contribution in [2.75, 3.05) is 20.1 Å². The number of piperidine rings is 1. The normalized spacial score (nSPS) is 18.9. The SMILES string of the molecule is CC(C)N(C(C)C)C1CCN(S(=O)(=O)C(F)(F)C(F)(F)C(F)(F)S(=O)(=O)N(C)[SH](=O)=O)CC1. The fourth-order valence-corrected chi connectivity index (χ4v) is 7.06. The highest BCUT2D eigenvalue weighted by atomic mass is 32.3. The first-order chi connectivity index (χ1) is 14.6. The van der Waals surface area contributed by atoms with Gasteiger partial charge < -0.3 is 0 Å². The Morgan fingerprint density at radius 3 is 1.58 bits per heavy atom. The van der Waals surface area contributed by atoms with Crippen molar-refractivity contribution >= 4 is 30.9 Å². The van der Waals surface area contributed by atoms with Gasteiger partial charge in [-0.25, -0.2) is 25.3 Å². The highest BCUT2D eigenvalue weighted by Gasteiger charge is 2.83. The summed E-state index contributed by atoms with van der Waals surface area (Å²) < 4.78 is 153. The molecule has 0 N–H and O–H groups in total. The third-order valence-electron chi connectivity index (χ3n) is 5.33. The van der Waals surface area contributed by atoms with E-state index in [1.54, 1.807) is 0 Å². The highest BCUT2D eigenvalue weighted by Crippen LogP contribution is 2.52. The molecule has 0 radical (unpaired) electrons. The van der Waals surface area contributed by atoms with Crippen molar-refractivity contribution < 1.29 is 51.6 Å². The molecule has 33 heavy (non-hydrogen) atoms. The van der Waals surface area contributed by atoms with Gasteiger partial charge in [-0.2, -0.15) is 30.6 Å². The van der Waals surface area contributed by atoms with Crippen LogP contribution in [0.4, 0.5) is 26.3 Å². The van der Waals surface area contributed by atoms with Gasteiger partial charge in [-0.3, -0.25) is 4.90 Å². The second-order valence-corrected chi connectivity index (χ2v) is 13.4. The fourth-order valence-electron chi connectivity index (χ4n) is 3.73. The van der Waals surface area contributed by atoms with E-state index < -0.39 is 64.2 Å². The molecule has 0 aromatic carbocycles. The second-order valence-electron chi connectivity index (χ2n) is 8.06. The zero-order chi connectivity index (χ0) is 26.4. The van der Waals surface area contributed by atoms with Crippen LogP contribution in [0.1, 0.15) is 40.5 Å². The van der Waals surface area contributed by atoms with Crippen molar-refractivity contribution in [1.82, 2.24) is 12.9 Å². The van der Waals surface area contributed by atoms with Gasteiger partial charge >= 0.3 is 16.4 Å². The summed E-state index contributed by atoms with van der Waals surface area (Å²) in [4.78, 5) is 1.96. The van der Waals surface area contributed by atoms with E-state index in [1.165, 1.54) is 0 Å². The molecule has 0 aliphatic carbocycles. The number of nitrogens with zero attached hydrogens (tertiary/aromatic N) is 3. The lowest BCUT2D eigenvalue weighted by molar-refractivity contribution is -0.245. The van der Waals surface area contributed by atoms with Crippen LogP contribution in [0.5, 0.6) is 0 Å². The Hall–Kier alpha value is -0.690. The molecule has 1 aliphatic heterocycles. The predicted molar refractivity (Wildman–Crippen MR) is 107 cm³/mol. The first-order valence-corrected chi connectivity index (χ1v) is 13.6. The average Bonchev–Trinajstić information content (AvgIpc) is 2.66. The van der Waals surface area contributed by atoms with E-state index in [1.807, 2.05) is 32.6 Å². The molecule has 9 nitrogen and oxygen atoms in total. The molecule has 0 unspecified atom stereocenters. The summed E-state index contributed by atoms with van der Waals surface area (Å²) in [6, 6.07) is -0.330. The van der Waals surface area contributed by atoms with Crippen molar-refractivity contribution in [2.24, 2.45) is 0 Å². The summed E-state index contributed by atoms with van der Waals surface area (Å²) in [7, 11) is -17.9. The number of halogens is 6. The van der Waals surface area contributed by atoms with Gasteiger partial charge in [-0.05, 0) is 40.5 Å². The van der Waals surface area contributed by atoms with E-state index in [2.05, 4.69) is 0 Å². The van der Waals surface area contributed by atoms with Gasteiger partial charge in [0.1, 0.15) is 0 Å². The molecule has 0 aromatic rings. The first kappa shape index (κ1) is 30.3. The summed E-state index contributed by atoms with van der Waals surface area (Å²) in [6.45, 7) is 5.97. The third-order valence-corrected chi connectivity index (χ3v) is 10.4. The van der Waals surface area contributed by atoms with E-state index in [0.717, 1.165) is 0 Å². The minimum absolute atomic E-state index is 0.0164. The topological polar surface area (TPSA) is 112 Å². The number of thiol groups is 1. The molecule has 0 spiro atoms. The van der Waals surface area contributed by atoms with Crippen LogP contribution < -0.4 is 0 Å². The Balaban J connectivity index is 3.31. The minimum Gasteiger partial charge on any atom is -0.295 e. The number of alkyl halides is 6. The molecule has 1 aliphatic rings. The van der Waals surface area contributed by atoms with Crippen molar-refractivity contribution in [3.63, 3.8) is 0 Å². The number of sulfonamides is 2. The van der Waals surface area contributed by atoms with Crippen LogP contribution in [0.15, 0.2) is 0 Å². The van der Waals surface area contributed by atoms with E-state index in [4.69, 9.17) is 0 Å². The van der Waals surface area contributed by atoms with Gasteiger partial charge in [0.05, 0.1) is 0 Å². The molecule has 0 bridgehead atoms. The van der Waals surface area contributed by atoms with Gasteiger partial charge in [0.25, 0.3) is 20.0 Å². The third kappa shape index (κ3) is 5.00. The molecular formula is C15H27F6N3O6S3. The van der Waals surface area contributed by atoms with Crippen molar-refractivity contribution in [3.8, 4) is 0 Å². The van der Waals surface area contributed by atoms with Gasteiger partial charge in [0.15, 0.2) is 0 Å². The molecule has 1 heterocycles. The second kappa shape index (κ2) is 9.75. The summed E-state index contributed by atoms with van der Waals surface area (Å²) in [5, 5.41) is -13.3. The number of hydrogen-bond acceptors (Lipinski definition) is 7. The Kier molecular flexibility index (Phi) is 8.97. The number of rotatable bonds is 10. The molecule has 0 aromatic heterocycles. The van der Waals surface area contributed by atoms with Crippen LogP contribution in [0.3, 0.4) is 0 Å². The molecule has 198 valence electrons. The van der Waals surface area contributed by atoms with Gasteiger partial charge in [0.2, 0.25) is 10.9 Å². The van der Waals surface area contributed by atoms with Crippen LogP contribution in [0.2, 0.25) is 0 Å². The summed E-state index contributed by atoms with van der Waals surface area (Å²) in [5.74, 6) is -7.00. The van der Waals surface area contributed by atoms with E-state index in [0.29, 0.717) is 0 Å². The highest BCUT2D eigenvalue weighted by molar-refractivity contribution is 7.98. The maximum absolute atomic E-state index is 14.5. The van der Waals surface area contributed by atoms with E-state index in [9.17, 15) is 51.6 Å². The Morgan fingerprint density at radius 1 is 0.848 bits per heavy atom. The lowest BCUT2D eigenvalue weighted by atomic mass is 10.0. The Labute approximate surface area is 190 Å². The van der Waals surface area contributed by atoms with E-state index in [-0.39, 0.29) is 42.3 Å². The maximum Gasteiger partial charge on any atom is 0.429 e. The molecule has 1 fully saturated rings. The van der Waals surface area contributed by atoms with E-state index >= 15 is 0 Å². The minimum atomic E-state index is -7.00. The molecule has 1 rings (SSSR count). The van der Waals surface area contributed by atoms with Gasteiger partial charge in [-0.1, -0.05) is 3.71 Å². The lowest BCUT2D eigenvalue weighted by Crippen LogP contribution is -2.65. The lowest BCUT2D eigenvalue weighted by Gasteiger charge is -2.43. The van der Waals surface area contributed by atoms with Crippen molar-refractivity contribution in [1.29, 1.82) is 0 Å². The quantitative estimate of drug-likeness (QED) is 0.321. The maximum atomic E-state index is 14.5. The van der Waals surface area contributed by atoms with Crippen LogP contribution in [0.25, 0.3) is 0 Å². The summed E-state index contributed by atoms with van der Waals surface area (Å²) in [6.07, 6.45) is -0.128. The smallest absolute Gasteiger partial charge is 0.295 e. The molecule has 0 amide bonds. The zero-order valence-electron chi connectivity index (χ0n) is 18.4. The average molecular weight is 556 g/mol.